The molecule has 6 amide bonds. The summed E-state index contributed by atoms with van der Waals surface area (Å²) < 4.78 is 0. The van der Waals surface area contributed by atoms with E-state index in [0.717, 1.165) is 12.8 Å². The molecule has 0 spiro atoms. The topological polar surface area (TPSA) is 177 Å². The Morgan fingerprint density at radius 1 is 0.780 bits per heavy atom. The third-order valence-corrected chi connectivity index (χ3v) is 10.5. The van der Waals surface area contributed by atoms with Gasteiger partial charge in [0.15, 0.2) is 0 Å². The fourth-order valence-electron chi connectivity index (χ4n) is 7.47. The van der Waals surface area contributed by atoms with Gasteiger partial charge in [-0.15, -0.1) is 0 Å². The Labute approximate surface area is 298 Å². The van der Waals surface area contributed by atoms with Gasteiger partial charge in [-0.05, 0) is 69.6 Å². The van der Waals surface area contributed by atoms with Crippen molar-refractivity contribution in [3.05, 3.63) is 6.92 Å². The van der Waals surface area contributed by atoms with Crippen molar-refractivity contribution in [3.63, 3.8) is 0 Å². The molecule has 3 rings (SSSR count). The van der Waals surface area contributed by atoms with Crippen LogP contribution in [0.15, 0.2) is 0 Å². The monoisotopic (exact) mass is 702 g/mol. The van der Waals surface area contributed by atoms with Crippen LogP contribution in [0.25, 0.3) is 0 Å². The molecular formula is C37H62N6O7. The molecule has 1 aliphatic carbocycles. The van der Waals surface area contributed by atoms with Crippen LogP contribution in [0.5, 0.6) is 0 Å². The van der Waals surface area contributed by atoms with Crippen molar-refractivity contribution >= 4 is 35.4 Å². The van der Waals surface area contributed by atoms with Crippen molar-refractivity contribution in [2.24, 2.45) is 17.3 Å². The molecule has 2 radical (unpaired) electrons. The molecule has 2 heterocycles. The molecule has 1 saturated carbocycles. The van der Waals surface area contributed by atoms with Crippen LogP contribution in [0.1, 0.15) is 119 Å². The summed E-state index contributed by atoms with van der Waals surface area (Å²) in [5.74, 6) is -2.17. The summed E-state index contributed by atoms with van der Waals surface area (Å²) in [7, 11) is 0. The molecule has 13 nitrogen and oxygen atoms in total. The Morgan fingerprint density at radius 2 is 1.34 bits per heavy atom. The molecule has 13 heteroatoms. The van der Waals surface area contributed by atoms with E-state index < -0.39 is 65.4 Å². The first kappa shape index (κ1) is 41.2. The molecule has 2 saturated heterocycles. The van der Waals surface area contributed by atoms with Crippen molar-refractivity contribution in [3.8, 4) is 0 Å². The van der Waals surface area contributed by atoms with E-state index in [1.807, 2.05) is 27.7 Å². The Balaban J connectivity index is 1.65. The van der Waals surface area contributed by atoms with E-state index in [2.05, 4.69) is 28.2 Å². The number of likely N-dealkylation sites (tertiary alicyclic amines) is 2. The molecule has 1 unspecified atom stereocenters. The quantitative estimate of drug-likeness (QED) is 0.184. The van der Waals surface area contributed by atoms with Crippen LogP contribution in [0.2, 0.25) is 0 Å². The molecule has 3 aliphatic rings. The maximum absolute atomic E-state index is 14.1. The van der Waals surface area contributed by atoms with Gasteiger partial charge >= 0.3 is 0 Å². The molecule has 2 aliphatic heterocycles. The second-order valence-corrected chi connectivity index (χ2v) is 15.7. The number of amides is 6. The van der Waals surface area contributed by atoms with Crippen LogP contribution in [0.3, 0.4) is 0 Å². The highest BCUT2D eigenvalue weighted by atomic mass is 16.3. The SMILES string of the molecule is [CH][C@H](NC(=O)[C@@H]1CCCCN1C(=O)[C@@H](NC(=O)C[C@H](C)C1CCCCC1)C(C)(C)C)C(=O)N1CCC[C@H]1C(=O)N[C@H](C(=O)NCCC)C(C)O. The molecule has 0 aromatic rings. The fraction of sp³-hybridized carbons (Fsp3) is 0.811. The maximum Gasteiger partial charge on any atom is 0.246 e. The lowest BCUT2D eigenvalue weighted by Crippen LogP contribution is -2.62. The largest absolute Gasteiger partial charge is 0.391 e. The van der Waals surface area contributed by atoms with E-state index in [4.69, 9.17) is 6.92 Å². The van der Waals surface area contributed by atoms with Crippen LogP contribution in [0, 0.1) is 24.2 Å². The highest BCUT2D eigenvalue weighted by Gasteiger charge is 2.43. The Bertz CT molecular complexity index is 1200. The Kier molecular flexibility index (Phi) is 15.5. The van der Waals surface area contributed by atoms with E-state index in [1.54, 1.807) is 0 Å². The Morgan fingerprint density at radius 3 is 1.94 bits per heavy atom. The number of nitrogens with one attached hydrogen (secondary N) is 4. The van der Waals surface area contributed by atoms with Crippen LogP contribution < -0.4 is 21.3 Å². The van der Waals surface area contributed by atoms with Gasteiger partial charge < -0.3 is 36.2 Å². The summed E-state index contributed by atoms with van der Waals surface area (Å²) in [5, 5.41) is 21.0. The number of nitrogens with zero attached hydrogens (tertiary/aromatic N) is 2. The van der Waals surface area contributed by atoms with Crippen molar-refractivity contribution in [2.75, 3.05) is 19.6 Å². The zero-order chi connectivity index (χ0) is 37.2. The number of aliphatic hydroxyl groups excluding tert-OH is 1. The third kappa shape index (κ3) is 11.1. The molecule has 5 N–H and O–H groups in total. The number of hydrogen-bond acceptors (Lipinski definition) is 7. The predicted molar refractivity (Wildman–Crippen MR) is 189 cm³/mol. The molecule has 3 fully saturated rings. The van der Waals surface area contributed by atoms with Gasteiger partial charge in [-0.25, -0.2) is 0 Å². The number of carbonyl (C=O) groups excluding carboxylic acids is 6. The molecule has 50 heavy (non-hydrogen) atoms. The highest BCUT2D eigenvalue weighted by molar-refractivity contribution is 5.97. The van der Waals surface area contributed by atoms with Gasteiger partial charge in [-0.3, -0.25) is 28.8 Å². The van der Waals surface area contributed by atoms with Gasteiger partial charge in [0.2, 0.25) is 35.4 Å². The van der Waals surface area contributed by atoms with E-state index in [-0.39, 0.29) is 24.3 Å². The van der Waals surface area contributed by atoms with Crippen LogP contribution >= 0.6 is 0 Å². The minimum Gasteiger partial charge on any atom is -0.391 e. The summed E-state index contributed by atoms with van der Waals surface area (Å²) in [6.07, 6.45) is 8.31. The lowest BCUT2D eigenvalue weighted by atomic mass is 9.79. The van der Waals surface area contributed by atoms with Crippen molar-refractivity contribution < 1.29 is 33.9 Å². The van der Waals surface area contributed by atoms with Crippen molar-refractivity contribution in [1.82, 2.24) is 31.1 Å². The average molecular weight is 703 g/mol. The molecule has 0 aromatic heterocycles. The summed E-state index contributed by atoms with van der Waals surface area (Å²) in [6.45, 7) is 18.2. The lowest BCUT2D eigenvalue weighted by Gasteiger charge is -2.41. The average Bonchev–Trinajstić information content (AvgIpc) is 3.57. The van der Waals surface area contributed by atoms with E-state index in [0.29, 0.717) is 64.0 Å². The second kappa shape index (κ2) is 18.9. The summed E-state index contributed by atoms with van der Waals surface area (Å²) in [6, 6.07) is -5.35. The standard InChI is InChI=1S/C37H62N6O7/c1-8-19-38-34(48)30(25(4)44)41-33(47)28-18-14-21-42(28)35(49)24(3)39-32(46)27-17-12-13-20-43(27)36(50)31(37(5,6)7)40-29(45)22-23(2)26-15-10-9-11-16-26/h3,23-28,30-31,44H,8-22H2,1-2,4-7H3,(H,38,48)(H,39,46)(H,40,45)(H,41,47)/t23-,24-,25?,27-,28-,30-,31+/m0/s1. The summed E-state index contributed by atoms with van der Waals surface area (Å²) >= 11 is 0. The minimum absolute atomic E-state index is 0.174. The van der Waals surface area contributed by atoms with Crippen molar-refractivity contribution in [2.45, 2.75) is 155 Å². The Hall–Kier alpha value is -3.22. The van der Waals surface area contributed by atoms with Gasteiger partial charge in [0.25, 0.3) is 0 Å². The van der Waals surface area contributed by atoms with Gasteiger partial charge in [0.05, 0.1) is 6.10 Å². The summed E-state index contributed by atoms with van der Waals surface area (Å²) in [5.41, 5.74) is -0.624. The first-order valence-corrected chi connectivity index (χ1v) is 18.8. The van der Waals surface area contributed by atoms with E-state index in [1.165, 1.54) is 36.0 Å². The van der Waals surface area contributed by atoms with Crippen LogP contribution in [0.4, 0.5) is 0 Å². The second-order valence-electron chi connectivity index (χ2n) is 15.7. The van der Waals surface area contributed by atoms with E-state index in [9.17, 15) is 33.9 Å². The molecule has 282 valence electrons. The first-order valence-electron chi connectivity index (χ1n) is 18.8. The molecule has 0 aromatic carbocycles. The highest BCUT2D eigenvalue weighted by Crippen LogP contribution is 2.32. The van der Waals surface area contributed by atoms with Gasteiger partial charge in [0.1, 0.15) is 30.2 Å². The first-order chi connectivity index (χ1) is 23.6. The van der Waals surface area contributed by atoms with Crippen molar-refractivity contribution in [1.29, 1.82) is 0 Å². The number of hydrogen-bond donors (Lipinski definition) is 5. The van der Waals surface area contributed by atoms with E-state index >= 15 is 0 Å². The smallest absolute Gasteiger partial charge is 0.246 e. The maximum atomic E-state index is 14.1. The van der Waals surface area contributed by atoms with Gasteiger partial charge in [-0.1, -0.05) is 66.7 Å². The fourth-order valence-corrected chi connectivity index (χ4v) is 7.47. The third-order valence-electron chi connectivity index (χ3n) is 10.5. The molecular weight excluding hydrogens is 640 g/mol. The zero-order valence-corrected chi connectivity index (χ0v) is 31.1. The number of rotatable bonds is 14. The number of piperidine rings is 1. The predicted octanol–water partition coefficient (Wildman–Crippen LogP) is 2.08. The lowest BCUT2D eigenvalue weighted by molar-refractivity contribution is -0.148. The zero-order valence-electron chi connectivity index (χ0n) is 31.1. The number of aliphatic hydroxyl groups is 1. The van der Waals surface area contributed by atoms with Gasteiger partial charge in [0, 0.05) is 26.1 Å². The minimum atomic E-state index is -1.48. The normalized spacial score (nSPS) is 23.2. The molecule has 7 atom stereocenters. The van der Waals surface area contributed by atoms with Gasteiger partial charge in [-0.2, -0.15) is 0 Å². The molecule has 0 bridgehead atoms. The summed E-state index contributed by atoms with van der Waals surface area (Å²) in [4.78, 5) is 83.1. The van der Waals surface area contributed by atoms with Crippen LogP contribution in [-0.4, -0.2) is 106 Å². The van der Waals surface area contributed by atoms with Crippen LogP contribution in [-0.2, 0) is 28.8 Å². The number of carbonyl (C=O) groups is 6.